The van der Waals surface area contributed by atoms with E-state index < -0.39 is 11.9 Å². The standard InChI is InChI=1S/C28H28N4O6/c1-37-24-15-18(6-8-22(24)29)27(35)31-12-11-19(38-14-13-31)7-5-17-3-2-4-20-21(17)16-32(28(20)36)23-9-10-25(33)30-26(23)34/h2-4,6,8,15,19,23H,9-14,16,29H2,1H3,(H,30,33,34)/t19-,23?/m1/s1. The van der Waals surface area contributed by atoms with Crippen molar-refractivity contribution in [3.05, 3.63) is 58.7 Å². The highest BCUT2D eigenvalue weighted by atomic mass is 16.5. The molecule has 2 saturated heterocycles. The van der Waals surface area contributed by atoms with Crippen molar-refractivity contribution >= 4 is 29.3 Å². The number of amides is 4. The number of nitrogens with two attached hydrogens (primary N) is 1. The van der Waals surface area contributed by atoms with Crippen LogP contribution in [0.5, 0.6) is 5.75 Å². The number of methoxy groups -OCH3 is 1. The predicted molar refractivity (Wildman–Crippen MR) is 137 cm³/mol. The van der Waals surface area contributed by atoms with Gasteiger partial charge in [-0.05, 0) is 42.3 Å². The minimum atomic E-state index is -0.678. The van der Waals surface area contributed by atoms with Crippen LogP contribution in [0, 0.1) is 11.8 Å². The largest absolute Gasteiger partial charge is 0.495 e. The van der Waals surface area contributed by atoms with Gasteiger partial charge in [0.15, 0.2) is 0 Å². The molecule has 2 fully saturated rings. The van der Waals surface area contributed by atoms with E-state index in [9.17, 15) is 19.2 Å². The van der Waals surface area contributed by atoms with E-state index in [4.69, 9.17) is 15.2 Å². The zero-order valence-electron chi connectivity index (χ0n) is 21.0. The van der Waals surface area contributed by atoms with E-state index in [0.717, 1.165) is 5.56 Å². The van der Waals surface area contributed by atoms with Crippen molar-refractivity contribution in [1.82, 2.24) is 15.1 Å². The van der Waals surface area contributed by atoms with Crippen LogP contribution < -0.4 is 15.8 Å². The number of nitrogen functional groups attached to an aromatic ring is 1. The second kappa shape index (κ2) is 10.6. The maximum absolute atomic E-state index is 13.0. The molecular weight excluding hydrogens is 488 g/mol. The van der Waals surface area contributed by atoms with Gasteiger partial charge in [0.05, 0.1) is 19.4 Å². The molecule has 0 radical (unpaired) electrons. The van der Waals surface area contributed by atoms with Gasteiger partial charge in [-0.3, -0.25) is 24.5 Å². The number of nitrogens with zero attached hydrogens (tertiary/aromatic N) is 2. The first-order valence-electron chi connectivity index (χ1n) is 12.5. The number of fused-ring (bicyclic) bond motifs is 1. The summed E-state index contributed by atoms with van der Waals surface area (Å²) in [6, 6.07) is 9.63. The van der Waals surface area contributed by atoms with Gasteiger partial charge < -0.3 is 25.0 Å². The van der Waals surface area contributed by atoms with Crippen molar-refractivity contribution < 1.29 is 28.7 Å². The lowest BCUT2D eigenvalue weighted by atomic mass is 10.0. The van der Waals surface area contributed by atoms with Gasteiger partial charge in [0.1, 0.15) is 17.9 Å². The zero-order valence-corrected chi connectivity index (χ0v) is 21.0. The number of hydrogen-bond donors (Lipinski definition) is 2. The van der Waals surface area contributed by atoms with Crippen molar-refractivity contribution in [2.75, 3.05) is 32.5 Å². The van der Waals surface area contributed by atoms with Crippen molar-refractivity contribution in [3.8, 4) is 17.6 Å². The van der Waals surface area contributed by atoms with Gasteiger partial charge in [-0.1, -0.05) is 17.9 Å². The van der Waals surface area contributed by atoms with E-state index in [1.807, 2.05) is 6.07 Å². The number of carbonyl (C=O) groups is 4. The fourth-order valence-electron chi connectivity index (χ4n) is 4.98. The Balaban J connectivity index is 1.27. The number of ether oxygens (including phenoxy) is 2. The molecule has 3 aliphatic heterocycles. The molecule has 0 aromatic heterocycles. The van der Waals surface area contributed by atoms with Gasteiger partial charge >= 0.3 is 0 Å². The van der Waals surface area contributed by atoms with Gasteiger partial charge in [0.25, 0.3) is 11.8 Å². The summed E-state index contributed by atoms with van der Waals surface area (Å²) < 4.78 is 11.1. The van der Waals surface area contributed by atoms with Crippen LogP contribution in [0.3, 0.4) is 0 Å². The molecule has 2 atom stereocenters. The Morgan fingerprint density at radius 2 is 2.00 bits per heavy atom. The normalized spacial score (nSPS) is 21.2. The maximum atomic E-state index is 13.0. The van der Waals surface area contributed by atoms with Gasteiger partial charge in [-0.25, -0.2) is 0 Å². The molecule has 0 spiro atoms. The van der Waals surface area contributed by atoms with E-state index in [1.165, 1.54) is 12.0 Å². The third-order valence-electron chi connectivity index (χ3n) is 7.06. The molecule has 10 nitrogen and oxygen atoms in total. The van der Waals surface area contributed by atoms with Crippen LogP contribution in [0.15, 0.2) is 36.4 Å². The lowest BCUT2D eigenvalue weighted by Gasteiger charge is -2.29. The highest BCUT2D eigenvalue weighted by Gasteiger charge is 2.39. The van der Waals surface area contributed by atoms with Crippen LogP contribution in [0.1, 0.15) is 51.1 Å². The Labute approximate surface area is 220 Å². The summed E-state index contributed by atoms with van der Waals surface area (Å²) in [5.74, 6) is 5.63. The molecule has 196 valence electrons. The first kappa shape index (κ1) is 25.3. The summed E-state index contributed by atoms with van der Waals surface area (Å²) in [6.45, 7) is 1.50. The zero-order chi connectivity index (χ0) is 26.8. The summed E-state index contributed by atoms with van der Waals surface area (Å²) in [5, 5.41) is 2.32. The quantitative estimate of drug-likeness (QED) is 0.357. The summed E-state index contributed by atoms with van der Waals surface area (Å²) in [7, 11) is 1.51. The molecule has 5 rings (SSSR count). The molecule has 3 heterocycles. The Bertz CT molecular complexity index is 1380. The van der Waals surface area contributed by atoms with Crippen molar-refractivity contribution in [1.29, 1.82) is 0 Å². The van der Waals surface area contributed by atoms with Crippen molar-refractivity contribution in [3.63, 3.8) is 0 Å². The number of carbonyl (C=O) groups excluding carboxylic acids is 4. The minimum absolute atomic E-state index is 0.131. The van der Waals surface area contributed by atoms with E-state index in [-0.39, 0.29) is 36.8 Å². The number of rotatable bonds is 3. The molecule has 10 heteroatoms. The summed E-state index contributed by atoms with van der Waals surface area (Å²) in [4.78, 5) is 53.2. The van der Waals surface area contributed by atoms with Gasteiger partial charge in [-0.2, -0.15) is 0 Å². The molecule has 3 aliphatic rings. The first-order chi connectivity index (χ1) is 18.4. The van der Waals surface area contributed by atoms with Crippen LogP contribution in [-0.2, 0) is 20.9 Å². The average Bonchev–Trinajstić information content (AvgIpc) is 3.08. The number of nitrogens with one attached hydrogen (secondary N) is 1. The molecule has 1 unspecified atom stereocenters. The monoisotopic (exact) mass is 516 g/mol. The Morgan fingerprint density at radius 3 is 2.79 bits per heavy atom. The number of imide groups is 1. The van der Waals surface area contributed by atoms with Crippen LogP contribution in [0.4, 0.5) is 5.69 Å². The van der Waals surface area contributed by atoms with E-state index >= 15 is 0 Å². The van der Waals surface area contributed by atoms with Crippen molar-refractivity contribution in [2.45, 2.75) is 38.0 Å². The Morgan fingerprint density at radius 1 is 1.16 bits per heavy atom. The lowest BCUT2D eigenvalue weighted by molar-refractivity contribution is -0.136. The molecule has 0 aliphatic carbocycles. The highest BCUT2D eigenvalue weighted by molar-refractivity contribution is 6.05. The van der Waals surface area contributed by atoms with Crippen LogP contribution in [-0.4, -0.2) is 72.4 Å². The van der Waals surface area contributed by atoms with Crippen LogP contribution in [0.2, 0.25) is 0 Å². The maximum Gasteiger partial charge on any atom is 0.255 e. The molecule has 4 amide bonds. The smallest absolute Gasteiger partial charge is 0.255 e. The first-order valence-corrected chi connectivity index (χ1v) is 12.5. The van der Waals surface area contributed by atoms with E-state index in [0.29, 0.717) is 60.7 Å². The Hall–Kier alpha value is -4.36. The summed E-state index contributed by atoms with van der Waals surface area (Å²) in [6.07, 6.45) is 0.655. The van der Waals surface area contributed by atoms with Gasteiger partial charge in [0, 0.05) is 49.2 Å². The molecule has 0 bridgehead atoms. The number of hydrogen-bond acceptors (Lipinski definition) is 7. The topological polar surface area (TPSA) is 131 Å². The molecule has 2 aromatic carbocycles. The second-order valence-corrected chi connectivity index (χ2v) is 9.40. The minimum Gasteiger partial charge on any atom is -0.495 e. The van der Waals surface area contributed by atoms with Gasteiger partial charge in [-0.15, -0.1) is 0 Å². The number of piperidine rings is 1. The summed E-state index contributed by atoms with van der Waals surface area (Å²) >= 11 is 0. The number of anilines is 1. The lowest BCUT2D eigenvalue weighted by Crippen LogP contribution is -2.52. The molecule has 38 heavy (non-hydrogen) atoms. The van der Waals surface area contributed by atoms with Crippen LogP contribution >= 0.6 is 0 Å². The summed E-state index contributed by atoms with van der Waals surface area (Å²) in [5.41, 5.74) is 8.79. The molecule has 3 N–H and O–H groups in total. The highest BCUT2D eigenvalue weighted by Crippen LogP contribution is 2.29. The fraction of sp³-hybridized carbons (Fsp3) is 0.357. The molecule has 0 saturated carbocycles. The SMILES string of the molecule is COc1cc(C(=O)N2CCO[C@H](C#Cc3cccc4c3CN(C3CCC(=O)NC3=O)C4=O)CC2)ccc1N. The van der Waals surface area contributed by atoms with Crippen LogP contribution in [0.25, 0.3) is 0 Å². The molecule has 2 aromatic rings. The third kappa shape index (κ3) is 4.93. The average molecular weight is 517 g/mol. The van der Waals surface area contributed by atoms with E-state index in [1.54, 1.807) is 35.2 Å². The number of benzene rings is 2. The second-order valence-electron chi connectivity index (χ2n) is 9.40. The molecular formula is C28H28N4O6. The Kier molecular flexibility index (Phi) is 7.03. The predicted octanol–water partition coefficient (Wildman–Crippen LogP) is 1.32. The van der Waals surface area contributed by atoms with E-state index in [2.05, 4.69) is 17.2 Å². The third-order valence-corrected chi connectivity index (χ3v) is 7.06. The van der Waals surface area contributed by atoms with Gasteiger partial charge in [0.2, 0.25) is 11.8 Å². The van der Waals surface area contributed by atoms with Crippen molar-refractivity contribution in [2.24, 2.45) is 0 Å². The fourth-order valence-corrected chi connectivity index (χ4v) is 4.98.